The molecule has 0 saturated heterocycles. The van der Waals surface area contributed by atoms with Crippen molar-refractivity contribution in [2.75, 3.05) is 11.1 Å². The van der Waals surface area contributed by atoms with Crippen LogP contribution in [0.15, 0.2) is 59.6 Å². The lowest BCUT2D eigenvalue weighted by atomic mass is 10.1. The van der Waals surface area contributed by atoms with E-state index in [0.29, 0.717) is 22.5 Å². The number of hydrogen-bond acceptors (Lipinski definition) is 8. The van der Waals surface area contributed by atoms with Crippen LogP contribution in [0.2, 0.25) is 0 Å². The van der Waals surface area contributed by atoms with Gasteiger partial charge in [-0.2, -0.15) is 0 Å². The van der Waals surface area contributed by atoms with E-state index in [0.717, 1.165) is 6.92 Å². The number of amides is 2. The Bertz CT molecular complexity index is 1240. The van der Waals surface area contributed by atoms with E-state index in [9.17, 15) is 23.1 Å². The summed E-state index contributed by atoms with van der Waals surface area (Å²) in [5.41, 5.74) is 7.72. The van der Waals surface area contributed by atoms with Gasteiger partial charge < -0.3 is 16.2 Å². The summed E-state index contributed by atoms with van der Waals surface area (Å²) < 4.78 is 25.8. The fourth-order valence-corrected chi connectivity index (χ4v) is 3.68. The van der Waals surface area contributed by atoms with E-state index in [-0.39, 0.29) is 23.0 Å². The first-order valence-electron chi connectivity index (χ1n) is 8.97. The number of aromatic nitrogens is 2. The lowest BCUT2D eigenvalue weighted by Gasteiger charge is -2.10. The van der Waals surface area contributed by atoms with Crippen molar-refractivity contribution in [1.82, 2.24) is 14.7 Å². The van der Waals surface area contributed by atoms with Crippen molar-refractivity contribution < 1.29 is 23.1 Å². The molecule has 2 aromatic carbocycles. The van der Waals surface area contributed by atoms with Crippen LogP contribution in [0.25, 0.3) is 11.3 Å². The van der Waals surface area contributed by atoms with E-state index in [1.54, 1.807) is 24.3 Å². The molecule has 1 aromatic heterocycles. The monoisotopic (exact) mass is 441 g/mol. The number of nitrogens with zero attached hydrogens (tertiary/aromatic N) is 2. The molecule has 160 valence electrons. The summed E-state index contributed by atoms with van der Waals surface area (Å²) in [6.07, 6.45) is 1.42. The Kier molecular flexibility index (Phi) is 6.28. The van der Waals surface area contributed by atoms with Crippen molar-refractivity contribution in [1.29, 1.82) is 0 Å². The number of aliphatic hydroxyl groups excluding tert-OH is 1. The Balaban J connectivity index is 1.82. The van der Waals surface area contributed by atoms with Crippen molar-refractivity contribution in [3.05, 3.63) is 66.0 Å². The molecule has 0 saturated carbocycles. The molecule has 0 aliphatic carbocycles. The lowest BCUT2D eigenvalue weighted by molar-refractivity contribution is -0.117. The number of carbonyl (C=O) groups excluding carboxylic acids is 2. The van der Waals surface area contributed by atoms with Gasteiger partial charge in [-0.3, -0.25) is 9.59 Å². The number of sulfonamides is 1. The highest BCUT2D eigenvalue weighted by molar-refractivity contribution is 7.90. The second-order valence-corrected chi connectivity index (χ2v) is 8.17. The highest BCUT2D eigenvalue weighted by Crippen LogP contribution is 2.21. The summed E-state index contributed by atoms with van der Waals surface area (Å²) in [4.78, 5) is 31.8. The molecule has 2 amide bonds. The lowest BCUT2D eigenvalue weighted by Crippen LogP contribution is -2.28. The minimum absolute atomic E-state index is 0.0792. The quantitative estimate of drug-likeness (QED) is 0.444. The van der Waals surface area contributed by atoms with Gasteiger partial charge in [0.1, 0.15) is 0 Å². The van der Waals surface area contributed by atoms with E-state index < -0.39 is 21.8 Å². The molecule has 0 atom stereocenters. The predicted octanol–water partition coefficient (Wildman–Crippen LogP) is 1.30. The molecule has 3 aromatic rings. The molecule has 0 aliphatic heterocycles. The third-order valence-corrected chi connectivity index (χ3v) is 5.57. The third-order valence-electron chi connectivity index (χ3n) is 4.12. The highest BCUT2D eigenvalue weighted by Gasteiger charge is 2.17. The van der Waals surface area contributed by atoms with Gasteiger partial charge in [0.15, 0.2) is 11.5 Å². The van der Waals surface area contributed by atoms with Crippen molar-refractivity contribution >= 4 is 33.3 Å². The Morgan fingerprint density at radius 1 is 1.13 bits per heavy atom. The fourth-order valence-electron chi connectivity index (χ4n) is 2.69. The highest BCUT2D eigenvalue weighted by atomic mass is 32.2. The molecule has 31 heavy (non-hydrogen) atoms. The third kappa shape index (κ3) is 5.21. The molecule has 10 nitrogen and oxygen atoms in total. The number of nitrogens with two attached hydrogens (primary N) is 1. The van der Waals surface area contributed by atoms with Crippen LogP contribution in [-0.4, -0.2) is 35.3 Å². The van der Waals surface area contributed by atoms with Crippen molar-refractivity contribution in [3.8, 4) is 11.3 Å². The SMILES string of the molecule is CC(=O)NS(=O)(=O)c1ccc(NC(=O)c2nc(-c3cccc(CO)c3)cnc2N)cc1. The van der Waals surface area contributed by atoms with Crippen LogP contribution in [0.1, 0.15) is 23.0 Å². The number of aliphatic hydroxyl groups is 1. The Hall–Kier alpha value is -3.83. The van der Waals surface area contributed by atoms with Crippen molar-refractivity contribution in [3.63, 3.8) is 0 Å². The fraction of sp³-hybridized carbons (Fsp3) is 0.100. The number of nitrogen functional groups attached to an aromatic ring is 1. The number of hydrogen-bond donors (Lipinski definition) is 4. The van der Waals surface area contributed by atoms with Gasteiger partial charge in [0.05, 0.1) is 23.4 Å². The van der Waals surface area contributed by atoms with E-state index in [1.807, 2.05) is 4.72 Å². The average molecular weight is 441 g/mol. The topological polar surface area (TPSA) is 164 Å². The Morgan fingerprint density at radius 3 is 2.48 bits per heavy atom. The van der Waals surface area contributed by atoms with Crippen LogP contribution in [0.3, 0.4) is 0 Å². The minimum atomic E-state index is -3.98. The molecule has 0 aliphatic rings. The smallest absolute Gasteiger partial charge is 0.278 e. The maximum absolute atomic E-state index is 12.7. The molecule has 5 N–H and O–H groups in total. The zero-order valence-electron chi connectivity index (χ0n) is 16.4. The normalized spacial score (nSPS) is 11.0. The molecular weight excluding hydrogens is 422 g/mol. The predicted molar refractivity (Wildman–Crippen MR) is 113 cm³/mol. The number of anilines is 2. The summed E-state index contributed by atoms with van der Waals surface area (Å²) in [6.45, 7) is 0.947. The largest absolute Gasteiger partial charge is 0.392 e. The number of carbonyl (C=O) groups is 2. The zero-order valence-corrected chi connectivity index (χ0v) is 17.2. The van der Waals surface area contributed by atoms with E-state index in [4.69, 9.17) is 5.73 Å². The number of benzene rings is 2. The van der Waals surface area contributed by atoms with Gasteiger partial charge in [-0.25, -0.2) is 23.1 Å². The molecule has 3 rings (SSSR count). The maximum Gasteiger partial charge on any atom is 0.278 e. The van der Waals surface area contributed by atoms with Gasteiger partial charge in [-0.05, 0) is 35.9 Å². The van der Waals surface area contributed by atoms with E-state index in [1.165, 1.54) is 30.5 Å². The van der Waals surface area contributed by atoms with Crippen LogP contribution in [-0.2, 0) is 21.4 Å². The summed E-state index contributed by atoms with van der Waals surface area (Å²) in [7, 11) is -3.98. The van der Waals surface area contributed by atoms with Crippen molar-refractivity contribution in [2.24, 2.45) is 0 Å². The first-order valence-corrected chi connectivity index (χ1v) is 10.5. The Labute approximate surface area is 178 Å². The molecule has 0 unspecified atom stereocenters. The molecule has 1 heterocycles. The molecule has 0 radical (unpaired) electrons. The number of rotatable bonds is 6. The van der Waals surface area contributed by atoms with Crippen LogP contribution < -0.4 is 15.8 Å². The molecule has 0 spiro atoms. The van der Waals surface area contributed by atoms with Gasteiger partial charge >= 0.3 is 0 Å². The van der Waals surface area contributed by atoms with E-state index in [2.05, 4.69) is 15.3 Å². The zero-order chi connectivity index (χ0) is 22.6. The van der Waals surface area contributed by atoms with Crippen LogP contribution >= 0.6 is 0 Å². The van der Waals surface area contributed by atoms with E-state index >= 15 is 0 Å². The molecule has 11 heteroatoms. The first-order chi connectivity index (χ1) is 14.7. The van der Waals surface area contributed by atoms with Crippen LogP contribution in [0.4, 0.5) is 11.5 Å². The van der Waals surface area contributed by atoms with Gasteiger partial charge in [0.2, 0.25) is 5.91 Å². The van der Waals surface area contributed by atoms with Gasteiger partial charge in [0.25, 0.3) is 15.9 Å². The van der Waals surface area contributed by atoms with Gasteiger partial charge in [-0.15, -0.1) is 0 Å². The number of nitrogens with one attached hydrogen (secondary N) is 2. The summed E-state index contributed by atoms with van der Waals surface area (Å²) in [5.74, 6) is -1.43. The van der Waals surface area contributed by atoms with Gasteiger partial charge in [-0.1, -0.05) is 18.2 Å². The second-order valence-electron chi connectivity index (χ2n) is 6.49. The molecule has 0 fully saturated rings. The Morgan fingerprint density at radius 2 is 1.84 bits per heavy atom. The average Bonchev–Trinajstić information content (AvgIpc) is 2.73. The summed E-state index contributed by atoms with van der Waals surface area (Å²) in [6, 6.07) is 12.2. The first kappa shape index (κ1) is 21.9. The van der Waals surface area contributed by atoms with Crippen molar-refractivity contribution in [2.45, 2.75) is 18.4 Å². The summed E-state index contributed by atoms with van der Waals surface area (Å²) in [5, 5.41) is 11.9. The molecule has 0 bridgehead atoms. The van der Waals surface area contributed by atoms with Crippen LogP contribution in [0, 0.1) is 0 Å². The second kappa shape index (κ2) is 8.90. The standard InChI is InChI=1S/C20H19N5O5S/c1-12(27)25-31(29,30)16-7-5-15(6-8-16)23-20(28)18-19(21)22-10-17(24-18)14-4-2-3-13(9-14)11-26/h2-10,26H,11H2,1H3,(H2,21,22)(H,23,28)(H,25,27). The summed E-state index contributed by atoms with van der Waals surface area (Å²) >= 11 is 0. The van der Waals surface area contributed by atoms with Gasteiger partial charge in [0, 0.05) is 18.2 Å². The maximum atomic E-state index is 12.7. The molecular formula is C20H19N5O5S. The van der Waals surface area contributed by atoms with Crippen LogP contribution in [0.5, 0.6) is 0 Å². The minimum Gasteiger partial charge on any atom is -0.392 e.